The number of ether oxygens (including phenoxy) is 1. The molecule has 1 aromatic heterocycles. The Kier molecular flexibility index (Phi) is 4.95. The average molecular weight is 318 g/mol. The quantitative estimate of drug-likeness (QED) is 0.486. The summed E-state index contributed by atoms with van der Waals surface area (Å²) in [5.74, 6) is -2.26. The Labute approximate surface area is 131 Å². The van der Waals surface area contributed by atoms with Crippen molar-refractivity contribution in [3.8, 4) is 5.75 Å². The van der Waals surface area contributed by atoms with E-state index in [0.29, 0.717) is 11.3 Å². The maximum Gasteiger partial charge on any atom is 0.371 e. The van der Waals surface area contributed by atoms with Crippen LogP contribution in [0.3, 0.4) is 0 Å². The first-order valence-corrected chi connectivity index (χ1v) is 7.27. The number of aliphatic carboxylic acids is 1. The molecule has 0 aliphatic carbocycles. The van der Waals surface area contributed by atoms with Crippen LogP contribution in [0.2, 0.25) is 0 Å². The van der Waals surface area contributed by atoms with Crippen molar-refractivity contribution in [1.29, 1.82) is 0 Å². The SMILES string of the molecule is COc1ccc(Cc2ccsc2C(=O)C=C(O)C(=O)O)cc1. The summed E-state index contributed by atoms with van der Waals surface area (Å²) in [4.78, 5) is 23.0. The maximum absolute atomic E-state index is 12.0. The van der Waals surface area contributed by atoms with Gasteiger partial charge in [0.25, 0.3) is 0 Å². The Balaban J connectivity index is 2.20. The molecule has 0 spiro atoms. The van der Waals surface area contributed by atoms with Gasteiger partial charge in [0.05, 0.1) is 12.0 Å². The predicted molar refractivity (Wildman–Crippen MR) is 82.8 cm³/mol. The smallest absolute Gasteiger partial charge is 0.371 e. The summed E-state index contributed by atoms with van der Waals surface area (Å²) >= 11 is 1.22. The van der Waals surface area contributed by atoms with Gasteiger partial charge in [0.1, 0.15) is 5.75 Å². The average Bonchev–Trinajstić information content (AvgIpc) is 2.96. The summed E-state index contributed by atoms with van der Waals surface area (Å²) in [6.07, 6.45) is 1.27. The summed E-state index contributed by atoms with van der Waals surface area (Å²) < 4.78 is 5.09. The number of aliphatic hydroxyl groups excluding tert-OH is 1. The molecule has 1 heterocycles. The van der Waals surface area contributed by atoms with Crippen LogP contribution in [0.1, 0.15) is 20.8 Å². The number of ketones is 1. The van der Waals surface area contributed by atoms with E-state index < -0.39 is 17.5 Å². The van der Waals surface area contributed by atoms with Crippen molar-refractivity contribution in [2.75, 3.05) is 7.11 Å². The molecule has 6 heteroatoms. The van der Waals surface area contributed by atoms with Crippen molar-refractivity contribution < 1.29 is 24.5 Å². The first-order valence-electron chi connectivity index (χ1n) is 6.39. The maximum atomic E-state index is 12.0. The number of rotatable bonds is 6. The minimum Gasteiger partial charge on any atom is -0.502 e. The van der Waals surface area contributed by atoms with E-state index >= 15 is 0 Å². The molecule has 5 nitrogen and oxygen atoms in total. The highest BCUT2D eigenvalue weighted by Gasteiger charge is 2.15. The molecule has 0 aliphatic rings. The van der Waals surface area contributed by atoms with E-state index in [1.54, 1.807) is 12.5 Å². The number of carboxylic acid groups (broad SMARTS) is 1. The van der Waals surface area contributed by atoms with Gasteiger partial charge in [0.2, 0.25) is 5.76 Å². The number of thiophene rings is 1. The highest BCUT2D eigenvalue weighted by Crippen LogP contribution is 2.22. The van der Waals surface area contributed by atoms with Gasteiger partial charge in [-0.25, -0.2) is 4.79 Å². The Bertz CT molecular complexity index is 712. The van der Waals surface area contributed by atoms with E-state index in [2.05, 4.69) is 0 Å². The summed E-state index contributed by atoms with van der Waals surface area (Å²) in [7, 11) is 1.59. The first kappa shape index (κ1) is 15.8. The van der Waals surface area contributed by atoms with Gasteiger partial charge >= 0.3 is 5.97 Å². The second-order valence-electron chi connectivity index (χ2n) is 4.50. The van der Waals surface area contributed by atoms with Crippen molar-refractivity contribution >= 4 is 23.1 Å². The molecule has 0 radical (unpaired) electrons. The molecular weight excluding hydrogens is 304 g/mol. The van der Waals surface area contributed by atoms with Crippen molar-refractivity contribution in [2.45, 2.75) is 6.42 Å². The largest absolute Gasteiger partial charge is 0.502 e. The Morgan fingerprint density at radius 1 is 1.18 bits per heavy atom. The van der Waals surface area contributed by atoms with Gasteiger partial charge in [-0.1, -0.05) is 12.1 Å². The molecule has 0 unspecified atom stereocenters. The molecule has 2 aromatic rings. The molecule has 114 valence electrons. The monoisotopic (exact) mass is 318 g/mol. The first-order chi connectivity index (χ1) is 10.5. The van der Waals surface area contributed by atoms with Crippen LogP contribution in [0.25, 0.3) is 0 Å². The molecule has 1 aromatic carbocycles. The molecule has 0 saturated heterocycles. The molecule has 0 aliphatic heterocycles. The van der Waals surface area contributed by atoms with E-state index in [1.807, 2.05) is 30.3 Å². The molecule has 22 heavy (non-hydrogen) atoms. The Hall–Kier alpha value is -2.60. The molecule has 0 fully saturated rings. The third-order valence-corrected chi connectivity index (χ3v) is 3.98. The molecule has 2 N–H and O–H groups in total. The van der Waals surface area contributed by atoms with Gasteiger partial charge in [-0.3, -0.25) is 4.79 Å². The number of carbonyl (C=O) groups excluding carboxylic acids is 1. The number of carbonyl (C=O) groups is 2. The van der Waals surface area contributed by atoms with Gasteiger partial charge < -0.3 is 14.9 Å². The Morgan fingerprint density at radius 3 is 2.45 bits per heavy atom. The van der Waals surface area contributed by atoms with Gasteiger partial charge in [-0.15, -0.1) is 11.3 Å². The van der Waals surface area contributed by atoms with Crippen molar-refractivity contribution in [1.82, 2.24) is 0 Å². The van der Waals surface area contributed by atoms with Crippen LogP contribution >= 0.6 is 11.3 Å². The highest BCUT2D eigenvalue weighted by atomic mass is 32.1. The molecular formula is C16H14O5S. The summed E-state index contributed by atoms with van der Waals surface area (Å²) in [6.45, 7) is 0. The molecule has 2 rings (SSSR count). The van der Waals surface area contributed by atoms with E-state index in [9.17, 15) is 9.59 Å². The van der Waals surface area contributed by atoms with E-state index in [-0.39, 0.29) is 0 Å². The highest BCUT2D eigenvalue weighted by molar-refractivity contribution is 7.12. The van der Waals surface area contributed by atoms with Crippen LogP contribution in [0.15, 0.2) is 47.5 Å². The third kappa shape index (κ3) is 3.73. The van der Waals surface area contributed by atoms with Gasteiger partial charge in [-0.05, 0) is 41.1 Å². The standard InChI is InChI=1S/C16H14O5S/c1-21-12-4-2-10(3-5-12)8-11-6-7-22-15(11)13(17)9-14(18)16(19)20/h2-7,9,18H,8H2,1H3,(H,19,20). The fraction of sp³-hybridized carbons (Fsp3) is 0.125. The molecule has 0 bridgehead atoms. The number of carboxylic acids is 1. The summed E-state index contributed by atoms with van der Waals surface area (Å²) in [5.41, 5.74) is 1.79. The van der Waals surface area contributed by atoms with Gasteiger partial charge in [0.15, 0.2) is 5.78 Å². The van der Waals surface area contributed by atoms with Crippen LogP contribution in [0.5, 0.6) is 5.75 Å². The van der Waals surface area contributed by atoms with Crippen LogP contribution in [0, 0.1) is 0 Å². The zero-order chi connectivity index (χ0) is 16.1. The van der Waals surface area contributed by atoms with E-state index in [0.717, 1.165) is 23.0 Å². The number of allylic oxidation sites excluding steroid dienone is 1. The number of methoxy groups -OCH3 is 1. The lowest BCUT2D eigenvalue weighted by Crippen LogP contribution is -2.04. The minimum atomic E-state index is -1.53. The zero-order valence-electron chi connectivity index (χ0n) is 11.8. The molecule has 0 amide bonds. The van der Waals surface area contributed by atoms with Gasteiger partial charge in [-0.2, -0.15) is 0 Å². The minimum absolute atomic E-state index is 0.420. The van der Waals surface area contributed by atoms with Crippen LogP contribution in [0.4, 0.5) is 0 Å². The van der Waals surface area contributed by atoms with E-state index in [4.69, 9.17) is 14.9 Å². The summed E-state index contributed by atoms with van der Waals surface area (Å²) in [6, 6.07) is 9.27. The van der Waals surface area contributed by atoms with Crippen molar-refractivity contribution in [3.63, 3.8) is 0 Å². The lowest BCUT2D eigenvalue weighted by molar-refractivity contribution is -0.135. The molecule has 0 saturated carbocycles. The fourth-order valence-corrected chi connectivity index (χ4v) is 2.74. The van der Waals surface area contributed by atoms with E-state index in [1.165, 1.54) is 11.3 Å². The number of benzene rings is 1. The zero-order valence-corrected chi connectivity index (χ0v) is 12.6. The van der Waals surface area contributed by atoms with Crippen molar-refractivity contribution in [3.05, 3.63) is 63.6 Å². The fourth-order valence-electron chi connectivity index (χ4n) is 1.91. The second kappa shape index (κ2) is 6.91. The van der Waals surface area contributed by atoms with Crippen LogP contribution in [-0.2, 0) is 11.2 Å². The normalized spacial score (nSPS) is 11.2. The van der Waals surface area contributed by atoms with Crippen LogP contribution < -0.4 is 4.74 Å². The topological polar surface area (TPSA) is 83.8 Å². The third-order valence-electron chi connectivity index (χ3n) is 3.01. The lowest BCUT2D eigenvalue weighted by atomic mass is 10.0. The second-order valence-corrected chi connectivity index (χ2v) is 5.41. The van der Waals surface area contributed by atoms with Gasteiger partial charge in [0, 0.05) is 6.08 Å². The van der Waals surface area contributed by atoms with Crippen LogP contribution in [-0.4, -0.2) is 29.1 Å². The number of aliphatic hydroxyl groups is 1. The number of hydrogen-bond acceptors (Lipinski definition) is 5. The molecule has 0 atom stereocenters. The Morgan fingerprint density at radius 2 is 1.86 bits per heavy atom. The number of hydrogen-bond donors (Lipinski definition) is 2. The predicted octanol–water partition coefficient (Wildman–Crippen LogP) is 3.06. The lowest BCUT2D eigenvalue weighted by Gasteiger charge is -2.04. The summed E-state index contributed by atoms with van der Waals surface area (Å²) in [5, 5.41) is 19.5. The van der Waals surface area contributed by atoms with Crippen molar-refractivity contribution in [2.24, 2.45) is 0 Å².